The molecule has 0 aliphatic rings. The molecule has 3 N–H and O–H groups in total. The van der Waals surface area contributed by atoms with Crippen molar-refractivity contribution in [2.24, 2.45) is 5.73 Å². The molecule has 0 bridgehead atoms. The molecule has 0 amide bonds. The lowest BCUT2D eigenvalue weighted by Gasteiger charge is -2.14. The van der Waals surface area contributed by atoms with Gasteiger partial charge < -0.3 is 20.3 Å². The van der Waals surface area contributed by atoms with Crippen LogP contribution in [0.4, 0.5) is 13.2 Å². The summed E-state index contributed by atoms with van der Waals surface area (Å²) in [5.74, 6) is -2.73. The minimum absolute atomic E-state index is 0.0237. The number of pyridine rings is 1. The van der Waals surface area contributed by atoms with E-state index in [1.807, 2.05) is 0 Å². The Morgan fingerprint density at radius 1 is 1.56 bits per heavy atom. The van der Waals surface area contributed by atoms with Crippen molar-refractivity contribution in [3.05, 3.63) is 17.3 Å². The second kappa shape index (κ2) is 5.08. The Balaban J connectivity index is 3.39. The van der Waals surface area contributed by atoms with Crippen LogP contribution in [0.1, 0.15) is 15.9 Å². The van der Waals surface area contributed by atoms with E-state index in [2.05, 4.69) is 9.72 Å². The quantitative estimate of drug-likeness (QED) is 0.848. The first-order valence-corrected chi connectivity index (χ1v) is 4.55. The normalized spacial score (nSPS) is 11.2. The molecule has 9 heteroatoms. The molecule has 0 saturated carbocycles. The summed E-state index contributed by atoms with van der Waals surface area (Å²) < 4.78 is 44.6. The monoisotopic (exact) mass is 266 g/mol. The van der Waals surface area contributed by atoms with Gasteiger partial charge in [0.15, 0.2) is 0 Å². The van der Waals surface area contributed by atoms with Crippen molar-refractivity contribution in [1.29, 1.82) is 0 Å². The van der Waals surface area contributed by atoms with Crippen LogP contribution in [0.15, 0.2) is 6.20 Å². The van der Waals surface area contributed by atoms with Crippen LogP contribution in [0.25, 0.3) is 0 Å². The molecule has 1 rings (SSSR count). The highest BCUT2D eigenvalue weighted by Crippen LogP contribution is 2.31. The number of halogens is 3. The van der Waals surface area contributed by atoms with Crippen LogP contribution in [-0.4, -0.2) is 29.5 Å². The van der Waals surface area contributed by atoms with Gasteiger partial charge in [0.1, 0.15) is 11.3 Å². The molecular formula is C9H9F3N2O4. The maximum atomic E-state index is 12.1. The van der Waals surface area contributed by atoms with E-state index in [-0.39, 0.29) is 17.9 Å². The largest absolute Gasteiger partial charge is 0.574 e. The average molecular weight is 266 g/mol. The number of aromatic carboxylic acids is 1. The second-order valence-corrected chi connectivity index (χ2v) is 3.04. The minimum Gasteiger partial charge on any atom is -0.495 e. The van der Waals surface area contributed by atoms with E-state index < -0.39 is 23.8 Å². The molecule has 0 aliphatic carbocycles. The molecule has 1 aromatic rings. The maximum Gasteiger partial charge on any atom is 0.574 e. The van der Waals surface area contributed by atoms with E-state index >= 15 is 0 Å². The van der Waals surface area contributed by atoms with Crippen molar-refractivity contribution in [2.45, 2.75) is 12.9 Å². The molecule has 0 saturated heterocycles. The fraction of sp³-hybridized carbons (Fsp3) is 0.333. The summed E-state index contributed by atoms with van der Waals surface area (Å²) in [5, 5.41) is 8.90. The van der Waals surface area contributed by atoms with Gasteiger partial charge in [-0.2, -0.15) is 0 Å². The fourth-order valence-corrected chi connectivity index (χ4v) is 1.30. The molecule has 0 radical (unpaired) electrons. The van der Waals surface area contributed by atoms with E-state index in [9.17, 15) is 18.0 Å². The van der Waals surface area contributed by atoms with Crippen LogP contribution in [0, 0.1) is 0 Å². The zero-order valence-corrected chi connectivity index (χ0v) is 9.11. The molecular weight excluding hydrogens is 257 g/mol. The summed E-state index contributed by atoms with van der Waals surface area (Å²) in [6.07, 6.45) is -4.13. The Hall–Kier alpha value is -2.03. The number of hydrogen-bond donors (Lipinski definition) is 2. The number of hydrogen-bond acceptors (Lipinski definition) is 5. The summed E-state index contributed by atoms with van der Waals surface area (Å²) in [6.45, 7) is -0.332. The van der Waals surface area contributed by atoms with Crippen molar-refractivity contribution in [1.82, 2.24) is 4.98 Å². The summed E-state index contributed by atoms with van der Waals surface area (Å²) in [7, 11) is 1.21. The first-order valence-electron chi connectivity index (χ1n) is 4.55. The Morgan fingerprint density at radius 3 is 2.56 bits per heavy atom. The Kier molecular flexibility index (Phi) is 3.96. The second-order valence-electron chi connectivity index (χ2n) is 3.04. The van der Waals surface area contributed by atoms with Crippen molar-refractivity contribution in [3.63, 3.8) is 0 Å². The fourth-order valence-electron chi connectivity index (χ4n) is 1.30. The molecule has 100 valence electrons. The highest BCUT2D eigenvalue weighted by Gasteiger charge is 2.35. The van der Waals surface area contributed by atoms with Gasteiger partial charge in [0.2, 0.25) is 5.88 Å². The van der Waals surface area contributed by atoms with E-state index in [0.29, 0.717) is 0 Å². The SMILES string of the molecule is COc1cnc(OC(F)(F)F)c(C(=O)O)c1CN. The number of ether oxygens (including phenoxy) is 2. The predicted molar refractivity (Wildman–Crippen MR) is 52.3 cm³/mol. The zero-order chi connectivity index (χ0) is 13.9. The summed E-state index contributed by atoms with van der Waals surface area (Å²) in [5.41, 5.74) is 4.39. The molecule has 1 aromatic heterocycles. The van der Waals surface area contributed by atoms with Gasteiger partial charge in [-0.3, -0.25) is 0 Å². The van der Waals surface area contributed by atoms with Crippen LogP contribution in [0.3, 0.4) is 0 Å². The first kappa shape index (κ1) is 14.0. The zero-order valence-electron chi connectivity index (χ0n) is 9.11. The summed E-state index contributed by atoms with van der Waals surface area (Å²) in [6, 6.07) is 0. The lowest BCUT2D eigenvalue weighted by Crippen LogP contribution is -2.21. The third kappa shape index (κ3) is 3.00. The molecule has 1 heterocycles. The molecule has 0 spiro atoms. The third-order valence-corrected chi connectivity index (χ3v) is 1.96. The number of carboxylic acids is 1. The molecule has 6 nitrogen and oxygen atoms in total. The van der Waals surface area contributed by atoms with Crippen molar-refractivity contribution >= 4 is 5.97 Å². The van der Waals surface area contributed by atoms with E-state index in [0.717, 1.165) is 6.20 Å². The van der Waals surface area contributed by atoms with Crippen molar-refractivity contribution < 1.29 is 32.5 Å². The number of methoxy groups -OCH3 is 1. The van der Waals surface area contributed by atoms with Gasteiger partial charge in [0, 0.05) is 12.1 Å². The van der Waals surface area contributed by atoms with Crippen molar-refractivity contribution in [3.8, 4) is 11.6 Å². The Labute approximate surface area is 99.1 Å². The molecule has 0 unspecified atom stereocenters. The van der Waals surface area contributed by atoms with Gasteiger partial charge in [-0.1, -0.05) is 0 Å². The number of carboxylic acid groups (broad SMARTS) is 1. The van der Waals surface area contributed by atoms with Crippen LogP contribution in [0.5, 0.6) is 11.6 Å². The van der Waals surface area contributed by atoms with Crippen LogP contribution in [-0.2, 0) is 6.54 Å². The van der Waals surface area contributed by atoms with Crippen LogP contribution < -0.4 is 15.2 Å². The lowest BCUT2D eigenvalue weighted by molar-refractivity contribution is -0.276. The van der Waals surface area contributed by atoms with Gasteiger partial charge in [-0.15, -0.1) is 13.2 Å². The van der Waals surface area contributed by atoms with E-state index in [4.69, 9.17) is 15.6 Å². The van der Waals surface area contributed by atoms with Crippen LogP contribution in [0.2, 0.25) is 0 Å². The lowest BCUT2D eigenvalue weighted by atomic mass is 10.1. The molecule has 18 heavy (non-hydrogen) atoms. The van der Waals surface area contributed by atoms with Gasteiger partial charge in [0.05, 0.1) is 13.3 Å². The predicted octanol–water partition coefficient (Wildman–Crippen LogP) is 1.15. The van der Waals surface area contributed by atoms with Crippen molar-refractivity contribution in [2.75, 3.05) is 7.11 Å². The third-order valence-electron chi connectivity index (χ3n) is 1.96. The Bertz CT molecular complexity index is 462. The molecule has 0 aliphatic heterocycles. The topological polar surface area (TPSA) is 94.7 Å². The first-order chi connectivity index (χ1) is 8.30. The van der Waals surface area contributed by atoms with E-state index in [1.54, 1.807) is 0 Å². The molecule has 0 fully saturated rings. The van der Waals surface area contributed by atoms with E-state index in [1.165, 1.54) is 7.11 Å². The highest BCUT2D eigenvalue weighted by molar-refractivity contribution is 5.92. The standard InChI is InChI=1S/C9H9F3N2O4/c1-17-5-3-14-7(18-9(10,11)12)6(8(15)16)4(5)2-13/h3H,2,13H2,1H3,(H,15,16). The smallest absolute Gasteiger partial charge is 0.495 e. The minimum atomic E-state index is -5.04. The summed E-state index contributed by atoms with van der Waals surface area (Å²) >= 11 is 0. The Morgan fingerprint density at radius 2 is 2.17 bits per heavy atom. The van der Waals surface area contributed by atoms with Crippen LogP contribution >= 0.6 is 0 Å². The average Bonchev–Trinajstić information content (AvgIpc) is 2.25. The van der Waals surface area contributed by atoms with Gasteiger partial charge in [-0.05, 0) is 0 Å². The number of carbonyl (C=O) groups is 1. The number of nitrogens with zero attached hydrogens (tertiary/aromatic N) is 1. The summed E-state index contributed by atoms with van der Waals surface area (Å²) in [4.78, 5) is 14.2. The maximum absolute atomic E-state index is 12.1. The highest BCUT2D eigenvalue weighted by atomic mass is 19.4. The number of rotatable bonds is 4. The number of aromatic nitrogens is 1. The number of alkyl halides is 3. The molecule has 0 aromatic carbocycles. The number of nitrogens with two attached hydrogens (primary N) is 1. The van der Waals surface area contributed by atoms with Gasteiger partial charge >= 0.3 is 12.3 Å². The van der Waals surface area contributed by atoms with Gasteiger partial charge in [0.25, 0.3) is 0 Å². The molecule has 0 atom stereocenters. The van der Waals surface area contributed by atoms with Gasteiger partial charge in [-0.25, -0.2) is 9.78 Å².